The minimum absolute atomic E-state index is 0.539. The van der Waals surface area contributed by atoms with Crippen LogP contribution in [0.25, 0.3) is 0 Å². The summed E-state index contributed by atoms with van der Waals surface area (Å²) in [5, 5.41) is 3.43. The van der Waals surface area contributed by atoms with Crippen LogP contribution in [0.4, 0.5) is 0 Å². The summed E-state index contributed by atoms with van der Waals surface area (Å²) in [6.07, 6.45) is 8.23. The number of rotatable bonds is 6. The van der Waals surface area contributed by atoms with Crippen molar-refractivity contribution in [3.05, 3.63) is 12.2 Å². The van der Waals surface area contributed by atoms with E-state index in [0.717, 1.165) is 6.54 Å². The van der Waals surface area contributed by atoms with Crippen LogP contribution in [-0.2, 0) is 0 Å². The van der Waals surface area contributed by atoms with Crippen LogP contribution in [0.1, 0.15) is 40.0 Å². The summed E-state index contributed by atoms with van der Waals surface area (Å²) in [4.78, 5) is 0. The minimum Gasteiger partial charge on any atom is -0.311 e. The molecular weight excluding hydrogens is 134 g/mol. The molecule has 0 heterocycles. The van der Waals surface area contributed by atoms with Gasteiger partial charge in [-0.3, -0.25) is 0 Å². The molecule has 0 amide bonds. The minimum atomic E-state index is 0.539. The third-order valence-corrected chi connectivity index (χ3v) is 1.73. The fourth-order valence-electron chi connectivity index (χ4n) is 1.06. The summed E-state index contributed by atoms with van der Waals surface area (Å²) in [5.74, 6) is 0. The molecule has 0 aliphatic heterocycles. The van der Waals surface area contributed by atoms with Crippen molar-refractivity contribution in [3.8, 4) is 0 Å². The van der Waals surface area contributed by atoms with Gasteiger partial charge in [0.2, 0.25) is 0 Å². The van der Waals surface area contributed by atoms with Gasteiger partial charge in [0.25, 0.3) is 0 Å². The molecule has 1 nitrogen and oxygen atoms in total. The molecule has 0 aliphatic rings. The molecule has 0 fully saturated rings. The van der Waals surface area contributed by atoms with Crippen molar-refractivity contribution in [3.63, 3.8) is 0 Å². The molecule has 11 heavy (non-hydrogen) atoms. The number of nitrogens with one attached hydrogen (secondary N) is 1. The Bertz CT molecular complexity index is 97.0. The first-order valence-electron chi connectivity index (χ1n) is 4.67. The van der Waals surface area contributed by atoms with E-state index in [0.29, 0.717) is 6.04 Å². The predicted molar refractivity (Wildman–Crippen MR) is 51.8 cm³/mol. The van der Waals surface area contributed by atoms with E-state index >= 15 is 0 Å². The zero-order chi connectivity index (χ0) is 8.53. The van der Waals surface area contributed by atoms with Crippen molar-refractivity contribution in [2.45, 2.75) is 46.1 Å². The van der Waals surface area contributed by atoms with Crippen molar-refractivity contribution in [2.24, 2.45) is 0 Å². The third kappa shape index (κ3) is 7.60. The normalized spacial score (nSPS) is 14.1. The van der Waals surface area contributed by atoms with Crippen molar-refractivity contribution in [1.29, 1.82) is 0 Å². The van der Waals surface area contributed by atoms with E-state index in [1.807, 2.05) is 0 Å². The SMILES string of the molecule is C/C=C\C(C)NCCCCC. The van der Waals surface area contributed by atoms with Crippen molar-refractivity contribution in [1.82, 2.24) is 5.32 Å². The number of hydrogen-bond donors (Lipinski definition) is 1. The van der Waals surface area contributed by atoms with Gasteiger partial charge in [-0.15, -0.1) is 0 Å². The van der Waals surface area contributed by atoms with Crippen LogP contribution in [0.2, 0.25) is 0 Å². The highest BCUT2D eigenvalue weighted by Gasteiger charge is 1.92. The first kappa shape index (κ1) is 10.7. The van der Waals surface area contributed by atoms with Gasteiger partial charge in [-0.1, -0.05) is 31.9 Å². The lowest BCUT2D eigenvalue weighted by atomic mass is 10.2. The van der Waals surface area contributed by atoms with Crippen molar-refractivity contribution >= 4 is 0 Å². The smallest absolute Gasteiger partial charge is 0.0221 e. The monoisotopic (exact) mass is 155 g/mol. The van der Waals surface area contributed by atoms with E-state index in [2.05, 4.69) is 38.2 Å². The summed E-state index contributed by atoms with van der Waals surface area (Å²) in [6, 6.07) is 0.539. The van der Waals surface area contributed by atoms with Crippen LogP contribution in [0.5, 0.6) is 0 Å². The number of unbranched alkanes of at least 4 members (excludes halogenated alkanes) is 2. The van der Waals surface area contributed by atoms with E-state index in [-0.39, 0.29) is 0 Å². The molecular formula is C10H21N. The second kappa shape index (κ2) is 7.80. The molecule has 0 aromatic rings. The van der Waals surface area contributed by atoms with Gasteiger partial charge in [0.1, 0.15) is 0 Å². The standard InChI is InChI=1S/C10H21N/c1-4-6-7-9-11-10(3)8-5-2/h5,8,10-11H,4,6-7,9H2,1-3H3/b8-5-. The maximum atomic E-state index is 3.43. The highest BCUT2D eigenvalue weighted by Crippen LogP contribution is 1.92. The topological polar surface area (TPSA) is 12.0 Å². The predicted octanol–water partition coefficient (Wildman–Crippen LogP) is 2.73. The molecule has 1 N–H and O–H groups in total. The fourth-order valence-corrected chi connectivity index (χ4v) is 1.06. The molecule has 1 heteroatoms. The zero-order valence-corrected chi connectivity index (χ0v) is 8.06. The molecule has 0 radical (unpaired) electrons. The Balaban J connectivity index is 3.10. The van der Waals surface area contributed by atoms with Gasteiger partial charge in [-0.2, -0.15) is 0 Å². The maximum absolute atomic E-state index is 3.43. The van der Waals surface area contributed by atoms with Crippen molar-refractivity contribution < 1.29 is 0 Å². The molecule has 0 aliphatic carbocycles. The van der Waals surface area contributed by atoms with E-state index < -0.39 is 0 Å². The Morgan fingerprint density at radius 3 is 2.64 bits per heavy atom. The van der Waals surface area contributed by atoms with Gasteiger partial charge in [0.15, 0.2) is 0 Å². The second-order valence-electron chi connectivity index (χ2n) is 2.98. The lowest BCUT2D eigenvalue weighted by Gasteiger charge is -2.07. The van der Waals surface area contributed by atoms with Gasteiger partial charge in [-0.25, -0.2) is 0 Å². The number of hydrogen-bond acceptors (Lipinski definition) is 1. The van der Waals surface area contributed by atoms with Crippen LogP contribution < -0.4 is 5.32 Å². The molecule has 1 unspecified atom stereocenters. The summed E-state index contributed by atoms with van der Waals surface area (Å²) in [7, 11) is 0. The third-order valence-electron chi connectivity index (χ3n) is 1.73. The Morgan fingerprint density at radius 2 is 2.09 bits per heavy atom. The first-order valence-corrected chi connectivity index (χ1v) is 4.67. The van der Waals surface area contributed by atoms with Crippen LogP contribution in [0.3, 0.4) is 0 Å². The maximum Gasteiger partial charge on any atom is 0.0221 e. The van der Waals surface area contributed by atoms with Gasteiger partial charge in [0.05, 0.1) is 0 Å². The largest absolute Gasteiger partial charge is 0.311 e. The Kier molecular flexibility index (Phi) is 7.59. The first-order chi connectivity index (χ1) is 5.31. The average molecular weight is 155 g/mol. The van der Waals surface area contributed by atoms with E-state index in [1.165, 1.54) is 19.3 Å². The van der Waals surface area contributed by atoms with Gasteiger partial charge in [-0.05, 0) is 26.8 Å². The van der Waals surface area contributed by atoms with Crippen LogP contribution in [0.15, 0.2) is 12.2 Å². The van der Waals surface area contributed by atoms with Crippen LogP contribution >= 0.6 is 0 Å². The van der Waals surface area contributed by atoms with E-state index in [4.69, 9.17) is 0 Å². The Morgan fingerprint density at radius 1 is 1.36 bits per heavy atom. The molecule has 0 spiro atoms. The van der Waals surface area contributed by atoms with E-state index in [1.54, 1.807) is 0 Å². The number of allylic oxidation sites excluding steroid dienone is 1. The van der Waals surface area contributed by atoms with Gasteiger partial charge in [0, 0.05) is 6.04 Å². The summed E-state index contributed by atoms with van der Waals surface area (Å²) >= 11 is 0. The highest BCUT2D eigenvalue weighted by atomic mass is 14.9. The molecule has 0 aromatic carbocycles. The molecule has 0 saturated carbocycles. The fraction of sp³-hybridized carbons (Fsp3) is 0.800. The molecule has 0 saturated heterocycles. The highest BCUT2D eigenvalue weighted by molar-refractivity contribution is 4.87. The van der Waals surface area contributed by atoms with Gasteiger partial charge < -0.3 is 5.32 Å². The van der Waals surface area contributed by atoms with Crippen LogP contribution in [0, 0.1) is 0 Å². The zero-order valence-electron chi connectivity index (χ0n) is 8.06. The van der Waals surface area contributed by atoms with E-state index in [9.17, 15) is 0 Å². The average Bonchev–Trinajstić information content (AvgIpc) is 1.99. The van der Waals surface area contributed by atoms with Crippen LogP contribution in [-0.4, -0.2) is 12.6 Å². The summed E-state index contributed by atoms with van der Waals surface area (Å²) in [6.45, 7) is 7.63. The molecule has 0 bridgehead atoms. The summed E-state index contributed by atoms with van der Waals surface area (Å²) in [5.41, 5.74) is 0. The molecule has 66 valence electrons. The van der Waals surface area contributed by atoms with Crippen molar-refractivity contribution in [2.75, 3.05) is 6.54 Å². The second-order valence-corrected chi connectivity index (χ2v) is 2.98. The Labute approximate surface area is 70.9 Å². The summed E-state index contributed by atoms with van der Waals surface area (Å²) < 4.78 is 0. The molecule has 0 rings (SSSR count). The molecule has 1 atom stereocenters. The Hall–Kier alpha value is -0.300. The lowest BCUT2D eigenvalue weighted by molar-refractivity contribution is 0.583. The molecule has 0 aromatic heterocycles. The quantitative estimate of drug-likeness (QED) is 0.459. The van der Waals surface area contributed by atoms with Gasteiger partial charge >= 0.3 is 0 Å². The lowest BCUT2D eigenvalue weighted by Crippen LogP contribution is -2.24.